The molecule has 7 nitrogen and oxygen atoms in total. The van der Waals surface area contributed by atoms with Gasteiger partial charge in [-0.05, 0) is 25.0 Å². The van der Waals surface area contributed by atoms with Gasteiger partial charge in [0.05, 0.1) is 5.39 Å². The average molecular weight is 379 g/mol. The lowest BCUT2D eigenvalue weighted by Crippen LogP contribution is -2.37. The Bertz CT molecular complexity index is 1060. The minimum Gasteiger partial charge on any atom is -0.448 e. The van der Waals surface area contributed by atoms with Crippen molar-refractivity contribution >= 4 is 22.6 Å². The molecule has 144 valence electrons. The van der Waals surface area contributed by atoms with Crippen LogP contribution >= 0.6 is 0 Å². The summed E-state index contributed by atoms with van der Waals surface area (Å²) >= 11 is 0. The molecule has 0 aliphatic heterocycles. The van der Waals surface area contributed by atoms with E-state index in [-0.39, 0.29) is 11.3 Å². The SMILES string of the molecule is C[C@H](OC(=O)c1nn(C)c(=O)c2ccccc12)C(=O)NCCc1ccccc1. The molecule has 1 amide bonds. The van der Waals surface area contributed by atoms with E-state index in [1.54, 1.807) is 24.3 Å². The summed E-state index contributed by atoms with van der Waals surface area (Å²) in [6.07, 6.45) is -0.304. The minimum atomic E-state index is -0.985. The van der Waals surface area contributed by atoms with E-state index in [2.05, 4.69) is 10.4 Å². The Labute approximate surface area is 161 Å². The van der Waals surface area contributed by atoms with E-state index in [0.717, 1.165) is 10.2 Å². The molecular formula is C21H21N3O4. The molecule has 0 radical (unpaired) electrons. The molecule has 1 aromatic heterocycles. The Balaban J connectivity index is 1.66. The second kappa shape index (κ2) is 8.47. The zero-order chi connectivity index (χ0) is 20.1. The first kappa shape index (κ1) is 19.3. The van der Waals surface area contributed by atoms with Gasteiger partial charge < -0.3 is 10.1 Å². The molecule has 2 aromatic carbocycles. The number of benzene rings is 2. The van der Waals surface area contributed by atoms with Crippen molar-refractivity contribution in [3.63, 3.8) is 0 Å². The standard InChI is InChI=1S/C21H21N3O4/c1-14(19(25)22-13-12-15-8-4-3-5-9-15)28-21(27)18-16-10-6-7-11-17(16)20(26)24(2)23-18/h3-11,14H,12-13H2,1-2H3,(H,22,25)/t14-/m0/s1. The van der Waals surface area contributed by atoms with Crippen LogP contribution in [0.4, 0.5) is 0 Å². The van der Waals surface area contributed by atoms with Crippen molar-refractivity contribution in [1.82, 2.24) is 15.1 Å². The van der Waals surface area contributed by atoms with Crippen molar-refractivity contribution in [2.24, 2.45) is 7.05 Å². The molecule has 1 N–H and O–H groups in total. The number of carbonyl (C=O) groups is 2. The largest absolute Gasteiger partial charge is 0.448 e. The first-order valence-electron chi connectivity index (χ1n) is 8.96. The van der Waals surface area contributed by atoms with Crippen LogP contribution in [0.1, 0.15) is 23.0 Å². The molecule has 28 heavy (non-hydrogen) atoms. The Kier molecular flexibility index (Phi) is 5.84. The monoisotopic (exact) mass is 379 g/mol. The highest BCUT2D eigenvalue weighted by molar-refractivity contribution is 6.02. The van der Waals surface area contributed by atoms with Crippen molar-refractivity contribution < 1.29 is 14.3 Å². The van der Waals surface area contributed by atoms with Crippen molar-refractivity contribution in [2.75, 3.05) is 6.54 Å². The van der Waals surface area contributed by atoms with E-state index in [0.29, 0.717) is 23.7 Å². The lowest BCUT2D eigenvalue weighted by Gasteiger charge is -2.14. The molecule has 1 atom stereocenters. The molecule has 3 rings (SSSR count). The Hall–Kier alpha value is -3.48. The molecule has 0 aliphatic carbocycles. The highest BCUT2D eigenvalue weighted by Crippen LogP contribution is 2.14. The van der Waals surface area contributed by atoms with Gasteiger partial charge in [0.1, 0.15) is 0 Å². The second-order valence-corrected chi connectivity index (χ2v) is 6.40. The molecule has 0 aliphatic rings. The molecule has 0 saturated carbocycles. The van der Waals surface area contributed by atoms with Gasteiger partial charge in [-0.1, -0.05) is 48.5 Å². The zero-order valence-electron chi connectivity index (χ0n) is 15.7. The van der Waals surface area contributed by atoms with Gasteiger partial charge in [0.2, 0.25) is 0 Å². The Morgan fingerprint density at radius 1 is 1.07 bits per heavy atom. The van der Waals surface area contributed by atoms with Crippen LogP contribution in [-0.2, 0) is 23.0 Å². The lowest BCUT2D eigenvalue weighted by molar-refractivity contribution is -0.129. The number of esters is 1. The summed E-state index contributed by atoms with van der Waals surface area (Å²) in [6.45, 7) is 1.94. The molecule has 0 fully saturated rings. The first-order valence-corrected chi connectivity index (χ1v) is 8.96. The third kappa shape index (κ3) is 4.25. The van der Waals surface area contributed by atoms with Crippen LogP contribution < -0.4 is 10.9 Å². The van der Waals surface area contributed by atoms with Crippen LogP contribution in [0.5, 0.6) is 0 Å². The molecular weight excluding hydrogens is 358 g/mol. The van der Waals surface area contributed by atoms with Gasteiger partial charge in [-0.2, -0.15) is 5.10 Å². The molecule has 3 aromatic rings. The summed E-state index contributed by atoms with van der Waals surface area (Å²) < 4.78 is 6.36. The highest BCUT2D eigenvalue weighted by atomic mass is 16.5. The molecule has 0 bridgehead atoms. The fraction of sp³-hybridized carbons (Fsp3) is 0.238. The fourth-order valence-corrected chi connectivity index (χ4v) is 2.84. The smallest absolute Gasteiger partial charge is 0.360 e. The van der Waals surface area contributed by atoms with Crippen molar-refractivity contribution in [2.45, 2.75) is 19.4 Å². The maximum absolute atomic E-state index is 12.6. The zero-order valence-corrected chi connectivity index (χ0v) is 15.7. The summed E-state index contributed by atoms with van der Waals surface area (Å²) in [6, 6.07) is 16.4. The van der Waals surface area contributed by atoms with Crippen LogP contribution in [0, 0.1) is 0 Å². The summed E-state index contributed by atoms with van der Waals surface area (Å²) in [4.78, 5) is 36.9. The number of nitrogens with one attached hydrogen (secondary N) is 1. The third-order valence-electron chi connectivity index (χ3n) is 4.36. The maximum Gasteiger partial charge on any atom is 0.360 e. The number of fused-ring (bicyclic) bond motifs is 1. The number of aromatic nitrogens is 2. The van der Waals surface area contributed by atoms with E-state index in [1.165, 1.54) is 14.0 Å². The van der Waals surface area contributed by atoms with Gasteiger partial charge in [-0.3, -0.25) is 9.59 Å². The van der Waals surface area contributed by atoms with E-state index >= 15 is 0 Å². The topological polar surface area (TPSA) is 90.3 Å². The second-order valence-electron chi connectivity index (χ2n) is 6.40. The van der Waals surface area contributed by atoms with E-state index in [4.69, 9.17) is 4.74 Å². The number of nitrogens with zero attached hydrogens (tertiary/aromatic N) is 2. The molecule has 1 heterocycles. The summed E-state index contributed by atoms with van der Waals surface area (Å²) in [5.41, 5.74) is 0.800. The summed E-state index contributed by atoms with van der Waals surface area (Å²) in [5.74, 6) is -1.14. The normalized spacial score (nSPS) is 11.8. The first-order chi connectivity index (χ1) is 13.5. The van der Waals surface area contributed by atoms with Crippen molar-refractivity contribution in [3.05, 3.63) is 76.2 Å². The third-order valence-corrected chi connectivity index (χ3v) is 4.36. The summed E-state index contributed by atoms with van der Waals surface area (Å²) in [5, 5.41) is 7.53. The fourth-order valence-electron chi connectivity index (χ4n) is 2.84. The number of aryl methyl sites for hydroxylation is 1. The number of carbonyl (C=O) groups excluding carboxylic acids is 2. The molecule has 7 heteroatoms. The predicted octanol–water partition coefficient (Wildman–Crippen LogP) is 1.84. The van der Waals surface area contributed by atoms with Gasteiger partial charge >= 0.3 is 5.97 Å². The van der Waals surface area contributed by atoms with Crippen LogP contribution in [0.3, 0.4) is 0 Å². The van der Waals surface area contributed by atoms with Crippen LogP contribution in [0.25, 0.3) is 10.8 Å². The molecule has 0 spiro atoms. The Morgan fingerprint density at radius 2 is 1.71 bits per heavy atom. The minimum absolute atomic E-state index is 0.00151. The lowest BCUT2D eigenvalue weighted by atomic mass is 10.1. The quantitative estimate of drug-likeness (QED) is 0.660. The number of amides is 1. The van der Waals surface area contributed by atoms with E-state index in [9.17, 15) is 14.4 Å². The van der Waals surface area contributed by atoms with Gasteiger partial charge in [0.15, 0.2) is 11.8 Å². The summed E-state index contributed by atoms with van der Waals surface area (Å²) in [7, 11) is 1.46. The molecule has 0 saturated heterocycles. The van der Waals surface area contributed by atoms with Crippen molar-refractivity contribution in [1.29, 1.82) is 0 Å². The van der Waals surface area contributed by atoms with Gasteiger partial charge in [-0.25, -0.2) is 9.48 Å². The van der Waals surface area contributed by atoms with Gasteiger partial charge in [-0.15, -0.1) is 0 Å². The van der Waals surface area contributed by atoms with Crippen LogP contribution in [0.15, 0.2) is 59.4 Å². The number of ether oxygens (including phenoxy) is 1. The van der Waals surface area contributed by atoms with Gasteiger partial charge in [0.25, 0.3) is 11.5 Å². The number of rotatable bonds is 6. The van der Waals surface area contributed by atoms with Crippen LogP contribution in [-0.4, -0.2) is 34.3 Å². The van der Waals surface area contributed by atoms with E-state index < -0.39 is 18.0 Å². The number of hydrogen-bond acceptors (Lipinski definition) is 5. The predicted molar refractivity (Wildman–Crippen MR) is 105 cm³/mol. The van der Waals surface area contributed by atoms with Gasteiger partial charge in [0, 0.05) is 19.0 Å². The highest BCUT2D eigenvalue weighted by Gasteiger charge is 2.22. The molecule has 0 unspecified atom stereocenters. The maximum atomic E-state index is 12.6. The van der Waals surface area contributed by atoms with Crippen molar-refractivity contribution in [3.8, 4) is 0 Å². The van der Waals surface area contributed by atoms with E-state index in [1.807, 2.05) is 30.3 Å². The Morgan fingerprint density at radius 3 is 2.43 bits per heavy atom. The number of hydrogen-bond donors (Lipinski definition) is 1. The average Bonchev–Trinajstić information content (AvgIpc) is 2.71. The van der Waals surface area contributed by atoms with Crippen LogP contribution in [0.2, 0.25) is 0 Å².